The molecule has 2 rings (SSSR count). The summed E-state index contributed by atoms with van der Waals surface area (Å²) in [6.45, 7) is 4.65. The highest BCUT2D eigenvalue weighted by Gasteiger charge is 2.28. The maximum absolute atomic E-state index is 3.83. The van der Waals surface area contributed by atoms with Gasteiger partial charge in [-0.05, 0) is 44.3 Å². The molecule has 3 atom stereocenters. The van der Waals surface area contributed by atoms with Crippen molar-refractivity contribution in [2.24, 2.45) is 5.92 Å². The van der Waals surface area contributed by atoms with Crippen molar-refractivity contribution in [3.63, 3.8) is 0 Å². The number of hydrogen-bond acceptors (Lipinski definition) is 2. The number of thioether (sulfide) groups is 1. The van der Waals surface area contributed by atoms with Gasteiger partial charge in [-0.1, -0.05) is 19.8 Å². The SMILES string of the molecule is CCSC1CCC(NC(C)CC2CC2)C1. The second-order valence-electron chi connectivity index (χ2n) is 5.33. The second-order valence-corrected chi connectivity index (χ2v) is 6.91. The van der Waals surface area contributed by atoms with E-state index in [4.69, 9.17) is 0 Å². The van der Waals surface area contributed by atoms with E-state index < -0.39 is 0 Å². The van der Waals surface area contributed by atoms with E-state index in [0.29, 0.717) is 0 Å². The molecule has 2 saturated carbocycles. The van der Waals surface area contributed by atoms with Crippen molar-refractivity contribution >= 4 is 11.8 Å². The minimum Gasteiger partial charge on any atom is -0.311 e. The predicted octanol–water partition coefficient (Wildman–Crippen LogP) is 3.44. The monoisotopic (exact) mass is 227 g/mol. The van der Waals surface area contributed by atoms with Gasteiger partial charge in [0, 0.05) is 17.3 Å². The average molecular weight is 227 g/mol. The number of rotatable bonds is 6. The molecule has 0 aromatic heterocycles. The van der Waals surface area contributed by atoms with Gasteiger partial charge in [0.2, 0.25) is 0 Å². The molecule has 3 unspecified atom stereocenters. The highest BCUT2D eigenvalue weighted by Crippen LogP contribution is 2.34. The molecule has 15 heavy (non-hydrogen) atoms. The highest BCUT2D eigenvalue weighted by molar-refractivity contribution is 7.99. The van der Waals surface area contributed by atoms with E-state index in [1.807, 2.05) is 0 Å². The average Bonchev–Trinajstić information content (AvgIpc) is 2.88. The molecule has 0 heterocycles. The summed E-state index contributed by atoms with van der Waals surface area (Å²) < 4.78 is 0. The van der Waals surface area contributed by atoms with Gasteiger partial charge in [0.05, 0.1) is 0 Å². The van der Waals surface area contributed by atoms with E-state index in [2.05, 4.69) is 30.9 Å². The van der Waals surface area contributed by atoms with E-state index >= 15 is 0 Å². The Morgan fingerprint density at radius 3 is 2.73 bits per heavy atom. The predicted molar refractivity (Wildman–Crippen MR) is 69.5 cm³/mol. The molecule has 2 aliphatic rings. The zero-order valence-electron chi connectivity index (χ0n) is 10.2. The molecule has 0 aliphatic heterocycles. The van der Waals surface area contributed by atoms with Gasteiger partial charge in [0.25, 0.3) is 0 Å². The van der Waals surface area contributed by atoms with E-state index in [0.717, 1.165) is 23.3 Å². The Bertz CT molecular complexity index is 191. The largest absolute Gasteiger partial charge is 0.311 e. The minimum atomic E-state index is 0.757. The van der Waals surface area contributed by atoms with Crippen molar-refractivity contribution in [3.05, 3.63) is 0 Å². The van der Waals surface area contributed by atoms with E-state index in [9.17, 15) is 0 Å². The molecule has 2 heteroatoms. The molecule has 0 bridgehead atoms. The van der Waals surface area contributed by atoms with Crippen LogP contribution in [0.2, 0.25) is 0 Å². The Hall–Kier alpha value is 0.310. The molecule has 2 aliphatic carbocycles. The topological polar surface area (TPSA) is 12.0 Å². The first-order valence-electron chi connectivity index (χ1n) is 6.65. The summed E-state index contributed by atoms with van der Waals surface area (Å²) in [4.78, 5) is 0. The van der Waals surface area contributed by atoms with Gasteiger partial charge in [-0.2, -0.15) is 11.8 Å². The van der Waals surface area contributed by atoms with Crippen LogP contribution in [0.3, 0.4) is 0 Å². The molecule has 2 fully saturated rings. The highest BCUT2D eigenvalue weighted by atomic mass is 32.2. The zero-order valence-corrected chi connectivity index (χ0v) is 11.0. The standard InChI is InChI=1S/C13H25NS/c1-3-15-13-7-6-12(9-13)14-10(2)8-11-4-5-11/h10-14H,3-9H2,1-2H3. The fourth-order valence-electron chi connectivity index (χ4n) is 2.80. The van der Waals surface area contributed by atoms with Crippen LogP contribution in [0, 0.1) is 5.92 Å². The second kappa shape index (κ2) is 5.58. The van der Waals surface area contributed by atoms with Gasteiger partial charge in [-0.15, -0.1) is 0 Å². The van der Waals surface area contributed by atoms with E-state index in [1.54, 1.807) is 0 Å². The summed E-state index contributed by atoms with van der Waals surface area (Å²) in [6, 6.07) is 1.58. The molecule has 0 saturated heterocycles. The molecule has 1 N–H and O–H groups in total. The van der Waals surface area contributed by atoms with E-state index in [-0.39, 0.29) is 0 Å². The lowest BCUT2D eigenvalue weighted by atomic mass is 10.1. The maximum atomic E-state index is 3.83. The summed E-state index contributed by atoms with van der Waals surface area (Å²) in [5, 5.41) is 4.77. The van der Waals surface area contributed by atoms with Crippen LogP contribution in [0.5, 0.6) is 0 Å². The Balaban J connectivity index is 1.62. The molecule has 0 aromatic carbocycles. The quantitative estimate of drug-likeness (QED) is 0.746. The van der Waals surface area contributed by atoms with Crippen LogP contribution < -0.4 is 5.32 Å². The van der Waals surface area contributed by atoms with Crippen molar-refractivity contribution in [2.45, 2.75) is 69.7 Å². The van der Waals surface area contributed by atoms with Crippen LogP contribution in [-0.4, -0.2) is 23.1 Å². The fourth-order valence-corrected chi connectivity index (χ4v) is 3.95. The van der Waals surface area contributed by atoms with Crippen LogP contribution >= 0.6 is 11.8 Å². The molecule has 0 spiro atoms. The summed E-state index contributed by atoms with van der Waals surface area (Å²) in [7, 11) is 0. The van der Waals surface area contributed by atoms with Crippen molar-refractivity contribution < 1.29 is 0 Å². The summed E-state index contributed by atoms with van der Waals surface area (Å²) >= 11 is 2.16. The third kappa shape index (κ3) is 3.99. The normalized spacial score (nSPS) is 33.2. The number of nitrogens with one attached hydrogen (secondary N) is 1. The van der Waals surface area contributed by atoms with Crippen LogP contribution in [0.25, 0.3) is 0 Å². The van der Waals surface area contributed by atoms with Gasteiger partial charge >= 0.3 is 0 Å². The Kier molecular flexibility index (Phi) is 4.39. The summed E-state index contributed by atoms with van der Waals surface area (Å²) in [5.74, 6) is 2.35. The lowest BCUT2D eigenvalue weighted by Crippen LogP contribution is -2.35. The minimum absolute atomic E-state index is 0.757. The van der Waals surface area contributed by atoms with Crippen LogP contribution in [0.15, 0.2) is 0 Å². The smallest absolute Gasteiger partial charge is 0.00804 e. The molecule has 0 amide bonds. The maximum Gasteiger partial charge on any atom is 0.00804 e. The lowest BCUT2D eigenvalue weighted by Gasteiger charge is -2.19. The zero-order chi connectivity index (χ0) is 10.7. The summed E-state index contributed by atoms with van der Waals surface area (Å²) in [6.07, 6.45) is 8.66. The van der Waals surface area contributed by atoms with Gasteiger partial charge < -0.3 is 5.32 Å². The first-order valence-corrected chi connectivity index (χ1v) is 7.70. The first kappa shape index (κ1) is 11.8. The Morgan fingerprint density at radius 1 is 1.27 bits per heavy atom. The molecular formula is C13H25NS. The third-order valence-corrected chi connectivity index (χ3v) is 4.92. The molecule has 0 radical (unpaired) electrons. The van der Waals surface area contributed by atoms with Gasteiger partial charge in [0.1, 0.15) is 0 Å². The fraction of sp³-hybridized carbons (Fsp3) is 1.00. The van der Waals surface area contributed by atoms with Gasteiger partial charge in [-0.25, -0.2) is 0 Å². The van der Waals surface area contributed by atoms with Gasteiger partial charge in [0.15, 0.2) is 0 Å². The molecule has 88 valence electrons. The van der Waals surface area contributed by atoms with Crippen LogP contribution in [-0.2, 0) is 0 Å². The first-order chi connectivity index (χ1) is 7.28. The third-order valence-electron chi connectivity index (χ3n) is 3.69. The molecule has 1 nitrogen and oxygen atoms in total. The Labute approximate surface area is 98.8 Å². The lowest BCUT2D eigenvalue weighted by molar-refractivity contribution is 0.418. The molecular weight excluding hydrogens is 202 g/mol. The number of hydrogen-bond donors (Lipinski definition) is 1. The Morgan fingerprint density at radius 2 is 2.07 bits per heavy atom. The van der Waals surface area contributed by atoms with Crippen molar-refractivity contribution in [3.8, 4) is 0 Å². The summed E-state index contributed by atoms with van der Waals surface area (Å²) in [5.41, 5.74) is 0. The van der Waals surface area contributed by atoms with Gasteiger partial charge in [-0.3, -0.25) is 0 Å². The van der Waals surface area contributed by atoms with E-state index in [1.165, 1.54) is 44.3 Å². The van der Waals surface area contributed by atoms with Crippen molar-refractivity contribution in [1.82, 2.24) is 5.32 Å². The van der Waals surface area contributed by atoms with Crippen LogP contribution in [0.1, 0.15) is 52.4 Å². The van der Waals surface area contributed by atoms with Crippen LogP contribution in [0.4, 0.5) is 0 Å². The molecule has 0 aromatic rings. The van der Waals surface area contributed by atoms with Crippen molar-refractivity contribution in [2.75, 3.05) is 5.75 Å². The van der Waals surface area contributed by atoms with Crippen molar-refractivity contribution in [1.29, 1.82) is 0 Å².